The summed E-state index contributed by atoms with van der Waals surface area (Å²) in [6.45, 7) is 4.55. The van der Waals surface area contributed by atoms with E-state index in [-0.39, 0.29) is 48.1 Å². The zero-order valence-corrected chi connectivity index (χ0v) is 10.8. The van der Waals surface area contributed by atoms with Crippen molar-refractivity contribution >= 4 is 42.3 Å². The molecule has 6 N–H and O–H groups in total. The second kappa shape index (κ2) is 7.19. The molecule has 0 radical (unpaired) electrons. The Morgan fingerprint density at radius 2 is 1.69 bits per heavy atom. The number of anilines is 3. The summed E-state index contributed by atoms with van der Waals surface area (Å²) in [5.74, 6) is 0.849. The molecule has 1 heterocycles. The van der Waals surface area contributed by atoms with Crippen molar-refractivity contribution in [3.8, 4) is 5.88 Å². The van der Waals surface area contributed by atoms with Crippen LogP contribution in [-0.4, -0.2) is 16.6 Å². The topological polar surface area (TPSA) is 113 Å². The van der Waals surface area contributed by atoms with Crippen molar-refractivity contribution in [1.29, 1.82) is 0 Å². The smallest absolute Gasteiger partial charge is 0.244 e. The van der Waals surface area contributed by atoms with E-state index in [0.29, 0.717) is 12.5 Å². The summed E-state index contributed by atoms with van der Waals surface area (Å²) in [7, 11) is 0. The molecule has 0 aliphatic heterocycles. The maximum atomic E-state index is 5.61. The van der Waals surface area contributed by atoms with Gasteiger partial charge >= 0.3 is 0 Å². The van der Waals surface area contributed by atoms with Gasteiger partial charge in [0, 0.05) is 0 Å². The maximum Gasteiger partial charge on any atom is 0.244 e. The van der Waals surface area contributed by atoms with Crippen LogP contribution in [0.4, 0.5) is 17.5 Å². The van der Waals surface area contributed by atoms with Crippen LogP contribution in [-0.2, 0) is 0 Å². The van der Waals surface area contributed by atoms with Crippen LogP contribution in [0.5, 0.6) is 5.88 Å². The molecule has 0 amide bonds. The summed E-state index contributed by atoms with van der Waals surface area (Å²) in [6.07, 6.45) is 0. The van der Waals surface area contributed by atoms with Gasteiger partial charge in [-0.25, -0.2) is 0 Å². The number of hydrogen-bond acceptors (Lipinski definition) is 6. The van der Waals surface area contributed by atoms with E-state index >= 15 is 0 Å². The summed E-state index contributed by atoms with van der Waals surface area (Å²) in [4.78, 5) is 7.55. The Labute approximate surface area is 107 Å². The minimum absolute atomic E-state index is 0. The number of aromatic nitrogens is 2. The molecule has 1 rings (SSSR count). The molecule has 16 heavy (non-hydrogen) atoms. The standard InChI is InChI=1S/C8H15N5O.2ClH/c1-4(2)3-14-7-5(9)6(10)12-8(11)13-7;;/h4H,3,9H2,1-2H3,(H4,10,11,12,13);2*1H. The Bertz CT molecular complexity index is 334. The van der Waals surface area contributed by atoms with Gasteiger partial charge in [0.2, 0.25) is 11.8 Å². The summed E-state index contributed by atoms with van der Waals surface area (Å²) < 4.78 is 5.32. The van der Waals surface area contributed by atoms with Crippen molar-refractivity contribution in [2.75, 3.05) is 23.8 Å². The molecule has 0 saturated carbocycles. The van der Waals surface area contributed by atoms with E-state index in [0.717, 1.165) is 0 Å². The van der Waals surface area contributed by atoms with E-state index in [2.05, 4.69) is 9.97 Å². The molecule has 0 aromatic carbocycles. The molecular formula is C8H17Cl2N5O. The van der Waals surface area contributed by atoms with Crippen LogP contribution >= 0.6 is 24.8 Å². The van der Waals surface area contributed by atoms with Gasteiger partial charge in [0.25, 0.3) is 0 Å². The lowest BCUT2D eigenvalue weighted by Crippen LogP contribution is -2.11. The third kappa shape index (κ3) is 4.59. The Morgan fingerprint density at radius 1 is 1.12 bits per heavy atom. The molecular weight excluding hydrogens is 253 g/mol. The highest BCUT2D eigenvalue weighted by Crippen LogP contribution is 2.24. The number of rotatable bonds is 3. The minimum Gasteiger partial charge on any atom is -0.476 e. The quantitative estimate of drug-likeness (QED) is 0.758. The van der Waals surface area contributed by atoms with Crippen molar-refractivity contribution in [2.24, 2.45) is 5.92 Å². The molecule has 94 valence electrons. The molecule has 0 aliphatic rings. The first-order chi connectivity index (χ1) is 6.50. The number of ether oxygens (including phenoxy) is 1. The number of hydrogen-bond donors (Lipinski definition) is 3. The molecule has 0 atom stereocenters. The molecule has 1 aromatic rings. The van der Waals surface area contributed by atoms with Crippen molar-refractivity contribution in [3.05, 3.63) is 0 Å². The zero-order valence-electron chi connectivity index (χ0n) is 9.14. The Balaban J connectivity index is 0. The van der Waals surface area contributed by atoms with Gasteiger partial charge in [0.15, 0.2) is 5.82 Å². The highest BCUT2D eigenvalue weighted by Gasteiger charge is 2.09. The summed E-state index contributed by atoms with van der Waals surface area (Å²) in [5, 5.41) is 0. The number of nitrogens with zero attached hydrogens (tertiary/aromatic N) is 2. The Morgan fingerprint density at radius 3 is 2.19 bits per heavy atom. The maximum absolute atomic E-state index is 5.61. The SMILES string of the molecule is CC(C)COc1nc(N)nc(N)c1N.Cl.Cl. The molecule has 0 saturated heterocycles. The third-order valence-electron chi connectivity index (χ3n) is 1.51. The van der Waals surface area contributed by atoms with Gasteiger partial charge in [-0.3, -0.25) is 0 Å². The van der Waals surface area contributed by atoms with Gasteiger partial charge in [-0.15, -0.1) is 24.8 Å². The first kappa shape index (κ1) is 17.3. The van der Waals surface area contributed by atoms with Crippen LogP contribution < -0.4 is 21.9 Å². The van der Waals surface area contributed by atoms with Crippen LogP contribution in [0.25, 0.3) is 0 Å². The van der Waals surface area contributed by atoms with Crippen LogP contribution in [0.1, 0.15) is 13.8 Å². The lowest BCUT2D eigenvalue weighted by atomic mass is 10.2. The van der Waals surface area contributed by atoms with Crippen molar-refractivity contribution < 1.29 is 4.74 Å². The zero-order chi connectivity index (χ0) is 10.7. The molecule has 1 aromatic heterocycles. The summed E-state index contributed by atoms with van der Waals surface area (Å²) in [6, 6.07) is 0. The second-order valence-electron chi connectivity index (χ2n) is 3.39. The minimum atomic E-state index is 0. The monoisotopic (exact) mass is 269 g/mol. The van der Waals surface area contributed by atoms with Gasteiger partial charge in [-0.2, -0.15) is 9.97 Å². The van der Waals surface area contributed by atoms with E-state index in [4.69, 9.17) is 21.9 Å². The fraction of sp³-hybridized carbons (Fsp3) is 0.500. The van der Waals surface area contributed by atoms with E-state index in [1.54, 1.807) is 0 Å². The molecule has 8 heteroatoms. The van der Waals surface area contributed by atoms with Crippen LogP contribution in [0.3, 0.4) is 0 Å². The van der Waals surface area contributed by atoms with Gasteiger partial charge in [-0.05, 0) is 5.92 Å². The van der Waals surface area contributed by atoms with Gasteiger partial charge in [-0.1, -0.05) is 13.8 Å². The van der Waals surface area contributed by atoms with Gasteiger partial charge < -0.3 is 21.9 Å². The molecule has 0 spiro atoms. The van der Waals surface area contributed by atoms with Crippen molar-refractivity contribution in [3.63, 3.8) is 0 Å². The lowest BCUT2D eigenvalue weighted by molar-refractivity contribution is 0.263. The molecule has 0 unspecified atom stereocenters. The molecule has 0 bridgehead atoms. The van der Waals surface area contributed by atoms with Crippen LogP contribution in [0.15, 0.2) is 0 Å². The largest absolute Gasteiger partial charge is 0.476 e. The van der Waals surface area contributed by atoms with Crippen LogP contribution in [0.2, 0.25) is 0 Å². The van der Waals surface area contributed by atoms with Crippen molar-refractivity contribution in [2.45, 2.75) is 13.8 Å². The van der Waals surface area contributed by atoms with E-state index in [1.807, 2.05) is 13.8 Å². The fourth-order valence-corrected chi connectivity index (χ4v) is 0.838. The predicted octanol–water partition coefficient (Wildman–Crippen LogP) is 1.10. The number of halogens is 2. The highest BCUT2D eigenvalue weighted by atomic mass is 35.5. The average Bonchev–Trinajstić information content (AvgIpc) is 2.08. The normalized spacial score (nSPS) is 9.19. The summed E-state index contributed by atoms with van der Waals surface area (Å²) >= 11 is 0. The Hall–Kier alpha value is -1.14. The number of nitrogen functional groups attached to an aromatic ring is 3. The molecule has 6 nitrogen and oxygen atoms in total. The van der Waals surface area contributed by atoms with Gasteiger partial charge in [0.1, 0.15) is 5.69 Å². The second-order valence-corrected chi connectivity index (χ2v) is 3.39. The number of nitrogens with two attached hydrogens (primary N) is 3. The van der Waals surface area contributed by atoms with Crippen molar-refractivity contribution in [1.82, 2.24) is 9.97 Å². The van der Waals surface area contributed by atoms with E-state index in [1.165, 1.54) is 0 Å². The van der Waals surface area contributed by atoms with Crippen LogP contribution in [0, 0.1) is 5.92 Å². The first-order valence-corrected chi connectivity index (χ1v) is 4.32. The van der Waals surface area contributed by atoms with Gasteiger partial charge in [0.05, 0.1) is 6.61 Å². The molecule has 0 fully saturated rings. The fourth-order valence-electron chi connectivity index (χ4n) is 0.838. The Kier molecular flexibility index (Phi) is 7.75. The predicted molar refractivity (Wildman–Crippen MR) is 70.1 cm³/mol. The van der Waals surface area contributed by atoms with E-state index < -0.39 is 0 Å². The molecule has 0 aliphatic carbocycles. The first-order valence-electron chi connectivity index (χ1n) is 4.32. The third-order valence-corrected chi connectivity index (χ3v) is 1.51. The average molecular weight is 270 g/mol. The highest BCUT2D eigenvalue weighted by molar-refractivity contribution is 5.85. The van der Waals surface area contributed by atoms with E-state index in [9.17, 15) is 0 Å². The lowest BCUT2D eigenvalue weighted by Gasteiger charge is -2.10. The summed E-state index contributed by atoms with van der Waals surface area (Å²) in [5.41, 5.74) is 16.7.